The van der Waals surface area contributed by atoms with E-state index in [0.29, 0.717) is 36.0 Å². The van der Waals surface area contributed by atoms with E-state index >= 15 is 0 Å². The molecule has 274 valence electrons. The quantitative estimate of drug-likeness (QED) is 0.0689. The lowest BCUT2D eigenvalue weighted by atomic mass is 10.1. The van der Waals surface area contributed by atoms with Crippen molar-refractivity contribution in [2.24, 2.45) is 5.73 Å². The number of aromatic nitrogens is 2. The zero-order valence-corrected chi connectivity index (χ0v) is 28.3. The van der Waals surface area contributed by atoms with Gasteiger partial charge in [-0.15, -0.1) is 0 Å². The highest BCUT2D eigenvalue weighted by molar-refractivity contribution is 7.99. The van der Waals surface area contributed by atoms with E-state index in [9.17, 15) is 28.4 Å². The number of nitrogens with zero attached hydrogens (tertiary/aromatic N) is 2. The van der Waals surface area contributed by atoms with E-state index in [1.54, 1.807) is 55.6 Å². The Morgan fingerprint density at radius 2 is 1.71 bits per heavy atom. The number of methoxy groups -OCH3 is 1. The predicted octanol–water partition coefficient (Wildman–Crippen LogP) is 2.07. The lowest BCUT2D eigenvalue weighted by Gasteiger charge is -2.18. The number of nitrogens with two attached hydrogens (primary N) is 1. The number of hydrogen-bond donors (Lipinski definition) is 8. The molecule has 1 aromatic heterocycles. The Hall–Kier alpha value is -5.53. The van der Waals surface area contributed by atoms with Gasteiger partial charge in [0.25, 0.3) is 0 Å². The number of benzene rings is 2. The van der Waals surface area contributed by atoms with Crippen molar-refractivity contribution in [3.05, 3.63) is 60.5 Å². The Kier molecular flexibility index (Phi) is 16.3. The maximum absolute atomic E-state index is 14.6. The standard InChI is InChI=1S/C32H39FN8O9S/c1-49-12-13-50-22-7-5-19(6-8-22)39-32-36-16-23(33)29(41-32)38-21-4-2-3-20(15-21)37-27(43)11-14-51-18-25(30(46)35-17-28(44)45)40-26(42)10-9-24(34)31(47)48/h2-8,15-16,24-25H,9-14,17-18,34H2,1H3,(H,35,46)(H,37,43)(H,40,42)(H,44,45)(H,47,48)(H2,36,38,39,41). The second-order valence-corrected chi connectivity index (χ2v) is 11.8. The second-order valence-electron chi connectivity index (χ2n) is 10.7. The lowest BCUT2D eigenvalue weighted by molar-refractivity contribution is -0.139. The van der Waals surface area contributed by atoms with E-state index in [4.69, 9.17) is 25.4 Å². The molecular formula is C32H39FN8O9S. The van der Waals surface area contributed by atoms with Crippen LogP contribution in [-0.2, 0) is 28.7 Å². The number of rotatable bonds is 22. The molecule has 0 spiro atoms. The summed E-state index contributed by atoms with van der Waals surface area (Å²) in [5.41, 5.74) is 6.90. The molecule has 0 radical (unpaired) electrons. The van der Waals surface area contributed by atoms with Crippen LogP contribution in [0.5, 0.6) is 5.75 Å². The Bertz CT molecular complexity index is 1650. The smallest absolute Gasteiger partial charge is 0.322 e. The number of hydrogen-bond acceptors (Lipinski definition) is 13. The Morgan fingerprint density at radius 1 is 0.961 bits per heavy atom. The number of nitrogens with one attached hydrogen (secondary N) is 5. The summed E-state index contributed by atoms with van der Waals surface area (Å²) in [6.45, 7) is 0.195. The number of amides is 3. The molecule has 0 aliphatic heterocycles. The predicted molar refractivity (Wildman–Crippen MR) is 187 cm³/mol. The van der Waals surface area contributed by atoms with Gasteiger partial charge in [0.2, 0.25) is 23.7 Å². The van der Waals surface area contributed by atoms with Crippen LogP contribution in [0, 0.1) is 5.82 Å². The van der Waals surface area contributed by atoms with Crippen molar-refractivity contribution in [1.82, 2.24) is 20.6 Å². The molecule has 2 atom stereocenters. The zero-order chi connectivity index (χ0) is 37.2. The summed E-state index contributed by atoms with van der Waals surface area (Å²) in [4.78, 5) is 67.4. The summed E-state index contributed by atoms with van der Waals surface area (Å²) in [6.07, 6.45) is 0.607. The Labute approximate surface area is 296 Å². The third-order valence-corrected chi connectivity index (χ3v) is 7.70. The molecule has 3 aromatic rings. The van der Waals surface area contributed by atoms with Crippen molar-refractivity contribution < 1.29 is 48.0 Å². The maximum Gasteiger partial charge on any atom is 0.322 e. The van der Waals surface area contributed by atoms with Crippen molar-refractivity contribution in [2.45, 2.75) is 31.3 Å². The summed E-state index contributed by atoms with van der Waals surface area (Å²) in [7, 11) is 1.58. The van der Waals surface area contributed by atoms with Crippen molar-refractivity contribution in [3.63, 3.8) is 0 Å². The highest BCUT2D eigenvalue weighted by Crippen LogP contribution is 2.24. The molecule has 0 saturated carbocycles. The van der Waals surface area contributed by atoms with Gasteiger partial charge in [-0.2, -0.15) is 16.7 Å². The number of aliphatic carboxylic acids is 2. The number of carboxylic acids is 2. The fourth-order valence-electron chi connectivity index (χ4n) is 4.07. The average molecular weight is 731 g/mol. The largest absolute Gasteiger partial charge is 0.491 e. The number of carbonyl (C=O) groups is 5. The van der Waals surface area contributed by atoms with Crippen molar-refractivity contribution in [1.29, 1.82) is 0 Å². The maximum atomic E-state index is 14.6. The third kappa shape index (κ3) is 14.9. The average Bonchev–Trinajstić information content (AvgIpc) is 3.09. The molecule has 3 amide bonds. The van der Waals surface area contributed by atoms with E-state index < -0.39 is 48.2 Å². The topological polar surface area (TPSA) is 256 Å². The van der Waals surface area contributed by atoms with Crippen LogP contribution in [-0.4, -0.2) is 100 Å². The Balaban J connectivity index is 1.51. The van der Waals surface area contributed by atoms with Gasteiger partial charge in [-0.3, -0.25) is 24.0 Å². The van der Waals surface area contributed by atoms with Gasteiger partial charge in [0.05, 0.1) is 12.8 Å². The number of anilines is 5. The second kappa shape index (κ2) is 20.9. The van der Waals surface area contributed by atoms with E-state index in [0.717, 1.165) is 18.0 Å². The fraction of sp³-hybridized carbons (Fsp3) is 0.344. The minimum absolute atomic E-state index is 0.00477. The molecule has 0 saturated heterocycles. The molecule has 0 fully saturated rings. The molecule has 3 rings (SSSR count). The molecule has 19 heteroatoms. The van der Waals surface area contributed by atoms with E-state index in [1.807, 2.05) is 0 Å². The molecule has 9 N–H and O–H groups in total. The van der Waals surface area contributed by atoms with Crippen LogP contribution >= 0.6 is 11.8 Å². The van der Waals surface area contributed by atoms with Crippen molar-refractivity contribution in [3.8, 4) is 5.75 Å². The summed E-state index contributed by atoms with van der Waals surface area (Å²) in [6, 6.07) is 11.1. The molecular weight excluding hydrogens is 691 g/mol. The van der Waals surface area contributed by atoms with Crippen LogP contribution in [0.15, 0.2) is 54.7 Å². The first kappa shape index (κ1) is 39.9. The van der Waals surface area contributed by atoms with Crippen LogP contribution in [0.25, 0.3) is 0 Å². The van der Waals surface area contributed by atoms with Gasteiger partial charge in [-0.25, -0.2) is 9.37 Å². The highest BCUT2D eigenvalue weighted by atomic mass is 32.2. The van der Waals surface area contributed by atoms with Gasteiger partial charge in [0.15, 0.2) is 11.6 Å². The highest BCUT2D eigenvalue weighted by Gasteiger charge is 2.22. The Morgan fingerprint density at radius 3 is 2.41 bits per heavy atom. The first-order valence-electron chi connectivity index (χ1n) is 15.5. The van der Waals surface area contributed by atoms with Gasteiger partial charge in [0.1, 0.15) is 31.0 Å². The summed E-state index contributed by atoms with van der Waals surface area (Å²) in [5, 5.41) is 31.0. The van der Waals surface area contributed by atoms with Crippen LogP contribution in [0.4, 0.5) is 33.2 Å². The van der Waals surface area contributed by atoms with Crippen LogP contribution < -0.4 is 37.1 Å². The van der Waals surface area contributed by atoms with E-state index in [1.165, 1.54) is 0 Å². The number of carbonyl (C=O) groups excluding carboxylic acids is 3. The lowest BCUT2D eigenvalue weighted by Crippen LogP contribution is -2.49. The van der Waals surface area contributed by atoms with Crippen LogP contribution in [0.1, 0.15) is 19.3 Å². The zero-order valence-electron chi connectivity index (χ0n) is 27.5. The molecule has 17 nitrogen and oxygen atoms in total. The number of thioether (sulfide) groups is 1. The van der Waals surface area contributed by atoms with Gasteiger partial charge in [-0.05, 0) is 48.9 Å². The summed E-state index contributed by atoms with van der Waals surface area (Å²) >= 11 is 1.16. The number of halogens is 1. The van der Waals surface area contributed by atoms with Gasteiger partial charge < -0.3 is 52.0 Å². The normalized spacial score (nSPS) is 11.8. The third-order valence-electron chi connectivity index (χ3n) is 6.64. The van der Waals surface area contributed by atoms with Crippen LogP contribution in [0.2, 0.25) is 0 Å². The van der Waals surface area contributed by atoms with Crippen molar-refractivity contribution >= 4 is 70.3 Å². The minimum atomic E-state index is -1.28. The number of carboxylic acid groups (broad SMARTS) is 2. The molecule has 0 bridgehead atoms. The molecule has 1 heterocycles. The van der Waals surface area contributed by atoms with Crippen molar-refractivity contribution in [2.75, 3.05) is 54.3 Å². The molecule has 0 aliphatic carbocycles. The molecule has 2 aromatic carbocycles. The van der Waals surface area contributed by atoms with E-state index in [-0.39, 0.29) is 48.4 Å². The van der Waals surface area contributed by atoms with Gasteiger partial charge in [0, 0.05) is 48.5 Å². The van der Waals surface area contributed by atoms with E-state index in [2.05, 4.69) is 36.6 Å². The first-order valence-corrected chi connectivity index (χ1v) is 16.6. The molecule has 0 aliphatic rings. The fourth-order valence-corrected chi connectivity index (χ4v) is 5.03. The van der Waals surface area contributed by atoms with Crippen LogP contribution in [0.3, 0.4) is 0 Å². The van der Waals surface area contributed by atoms with Gasteiger partial charge in [-0.1, -0.05) is 6.07 Å². The number of ether oxygens (including phenoxy) is 2. The molecule has 51 heavy (non-hydrogen) atoms. The monoisotopic (exact) mass is 730 g/mol. The summed E-state index contributed by atoms with van der Waals surface area (Å²) < 4.78 is 25.1. The van der Waals surface area contributed by atoms with Gasteiger partial charge >= 0.3 is 11.9 Å². The molecule has 2 unspecified atom stereocenters. The minimum Gasteiger partial charge on any atom is -0.491 e. The first-order chi connectivity index (χ1) is 24.4. The SMILES string of the molecule is COCCOc1ccc(Nc2ncc(F)c(Nc3cccc(NC(=O)CCSCC(NC(=O)CCC(N)C(=O)O)C(=O)NCC(=O)O)c3)n2)cc1. The summed E-state index contributed by atoms with van der Waals surface area (Å²) in [5.74, 6) is -4.10.